The van der Waals surface area contributed by atoms with E-state index < -0.39 is 4.92 Å². The van der Waals surface area contributed by atoms with Gasteiger partial charge in [0, 0.05) is 11.8 Å². The standard InChI is InChI=1S/C12H12N4O2S/c13-15-11-6-10(16(17)18)7-12(14-11)19-8-9-4-2-1-3-5-9/h1-7H,8,13H2,(H,14,15). The number of aromatic nitrogens is 1. The summed E-state index contributed by atoms with van der Waals surface area (Å²) in [4.78, 5) is 14.5. The zero-order chi connectivity index (χ0) is 13.7. The number of hydrogen-bond acceptors (Lipinski definition) is 6. The highest BCUT2D eigenvalue weighted by Crippen LogP contribution is 2.26. The van der Waals surface area contributed by atoms with Crippen molar-refractivity contribution < 1.29 is 4.92 Å². The SMILES string of the molecule is NNc1cc([N+](=O)[O-])cc(SCc2ccccc2)n1. The highest BCUT2D eigenvalue weighted by molar-refractivity contribution is 7.98. The van der Waals surface area contributed by atoms with E-state index in [1.165, 1.54) is 23.9 Å². The van der Waals surface area contributed by atoms with E-state index in [4.69, 9.17) is 5.84 Å². The average Bonchev–Trinajstić information content (AvgIpc) is 2.45. The molecule has 0 aliphatic heterocycles. The lowest BCUT2D eigenvalue weighted by molar-refractivity contribution is -0.385. The fourth-order valence-electron chi connectivity index (χ4n) is 1.48. The van der Waals surface area contributed by atoms with Crippen molar-refractivity contribution in [2.45, 2.75) is 10.8 Å². The smallest absolute Gasteiger partial charge is 0.275 e. The minimum absolute atomic E-state index is 0.0292. The second kappa shape index (κ2) is 6.17. The van der Waals surface area contributed by atoms with Gasteiger partial charge >= 0.3 is 0 Å². The van der Waals surface area contributed by atoms with E-state index in [9.17, 15) is 10.1 Å². The Morgan fingerprint density at radius 3 is 2.68 bits per heavy atom. The van der Waals surface area contributed by atoms with Crippen LogP contribution in [0.2, 0.25) is 0 Å². The largest absolute Gasteiger partial charge is 0.308 e. The van der Waals surface area contributed by atoms with Crippen molar-refractivity contribution in [2.24, 2.45) is 5.84 Å². The Labute approximate surface area is 114 Å². The van der Waals surface area contributed by atoms with Gasteiger partial charge in [-0.3, -0.25) is 10.1 Å². The molecule has 0 unspecified atom stereocenters. The molecule has 0 saturated carbocycles. The number of nitro groups is 1. The highest BCUT2D eigenvalue weighted by atomic mass is 32.2. The summed E-state index contributed by atoms with van der Waals surface area (Å²) in [5.74, 6) is 6.23. The molecule has 3 N–H and O–H groups in total. The lowest BCUT2D eigenvalue weighted by Gasteiger charge is -2.04. The number of nitrogen functional groups attached to an aromatic ring is 1. The third-order valence-corrected chi connectivity index (χ3v) is 3.36. The van der Waals surface area contributed by atoms with Gasteiger partial charge in [-0.2, -0.15) is 0 Å². The van der Waals surface area contributed by atoms with Crippen molar-refractivity contribution >= 4 is 23.3 Å². The lowest BCUT2D eigenvalue weighted by Crippen LogP contribution is -2.09. The van der Waals surface area contributed by atoms with Gasteiger partial charge < -0.3 is 5.43 Å². The van der Waals surface area contributed by atoms with E-state index in [0.29, 0.717) is 10.8 Å². The molecule has 0 aliphatic carbocycles. The number of rotatable bonds is 5. The van der Waals surface area contributed by atoms with Crippen molar-refractivity contribution in [3.63, 3.8) is 0 Å². The van der Waals surface area contributed by atoms with Gasteiger partial charge in [0.2, 0.25) is 0 Å². The Kier molecular flexibility index (Phi) is 4.32. The van der Waals surface area contributed by atoms with E-state index in [1.54, 1.807) is 0 Å². The Hall–Kier alpha value is -2.12. The minimum atomic E-state index is -0.463. The van der Waals surface area contributed by atoms with Crippen LogP contribution < -0.4 is 11.3 Å². The van der Waals surface area contributed by atoms with Crippen LogP contribution in [0.4, 0.5) is 11.5 Å². The minimum Gasteiger partial charge on any atom is -0.308 e. The molecule has 0 amide bonds. The van der Waals surface area contributed by atoms with Crippen LogP contribution in [-0.2, 0) is 5.75 Å². The summed E-state index contributed by atoms with van der Waals surface area (Å²) in [5.41, 5.74) is 3.43. The summed E-state index contributed by atoms with van der Waals surface area (Å²) in [6.45, 7) is 0. The summed E-state index contributed by atoms with van der Waals surface area (Å²) in [7, 11) is 0. The molecule has 1 aromatic heterocycles. The first-order chi connectivity index (χ1) is 9.19. The maximum atomic E-state index is 10.8. The molecule has 0 fully saturated rings. The Morgan fingerprint density at radius 2 is 2.05 bits per heavy atom. The normalized spacial score (nSPS) is 10.2. The molecule has 1 aromatic carbocycles. The maximum absolute atomic E-state index is 10.8. The van der Waals surface area contributed by atoms with Crippen molar-refractivity contribution in [3.8, 4) is 0 Å². The van der Waals surface area contributed by atoms with E-state index in [0.717, 1.165) is 5.56 Å². The molecule has 7 heteroatoms. The fourth-order valence-corrected chi connectivity index (χ4v) is 2.35. The number of hydrogen-bond donors (Lipinski definition) is 2. The first-order valence-electron chi connectivity index (χ1n) is 5.49. The van der Waals surface area contributed by atoms with E-state index in [2.05, 4.69) is 10.4 Å². The van der Waals surface area contributed by atoms with Crippen LogP contribution in [-0.4, -0.2) is 9.91 Å². The van der Waals surface area contributed by atoms with E-state index in [-0.39, 0.29) is 11.5 Å². The van der Waals surface area contributed by atoms with Gasteiger partial charge in [0.25, 0.3) is 5.69 Å². The molecular weight excluding hydrogens is 264 g/mol. The second-order valence-electron chi connectivity index (χ2n) is 3.72. The molecule has 0 bridgehead atoms. The predicted octanol–water partition coefficient (Wildman–Crippen LogP) is 2.57. The van der Waals surface area contributed by atoms with Gasteiger partial charge in [-0.15, -0.1) is 11.8 Å². The van der Waals surface area contributed by atoms with E-state index in [1.807, 2.05) is 30.3 Å². The van der Waals surface area contributed by atoms with Crippen LogP contribution >= 0.6 is 11.8 Å². The zero-order valence-corrected chi connectivity index (χ0v) is 10.8. The number of nitrogens with two attached hydrogens (primary N) is 1. The number of hydrazine groups is 1. The van der Waals surface area contributed by atoms with Crippen LogP contribution in [0.15, 0.2) is 47.5 Å². The number of thioether (sulfide) groups is 1. The number of nitrogens with one attached hydrogen (secondary N) is 1. The molecule has 1 heterocycles. The predicted molar refractivity (Wildman–Crippen MR) is 74.7 cm³/mol. The quantitative estimate of drug-likeness (QED) is 0.377. The molecular formula is C12H12N4O2S. The van der Waals surface area contributed by atoms with Gasteiger partial charge in [-0.05, 0) is 5.56 Å². The summed E-state index contributed by atoms with van der Waals surface area (Å²) in [6.07, 6.45) is 0. The summed E-state index contributed by atoms with van der Waals surface area (Å²) < 4.78 is 0. The molecule has 0 aliphatic rings. The fraction of sp³-hybridized carbons (Fsp3) is 0.0833. The molecule has 19 heavy (non-hydrogen) atoms. The monoisotopic (exact) mass is 276 g/mol. The number of benzene rings is 1. The third kappa shape index (κ3) is 3.67. The van der Waals surface area contributed by atoms with Crippen LogP contribution in [0.1, 0.15) is 5.56 Å². The Bertz CT molecular complexity index is 577. The topological polar surface area (TPSA) is 94.1 Å². The molecule has 2 aromatic rings. The highest BCUT2D eigenvalue weighted by Gasteiger charge is 2.11. The summed E-state index contributed by atoms with van der Waals surface area (Å²) in [6, 6.07) is 12.6. The first kappa shape index (κ1) is 13.3. The number of anilines is 1. The van der Waals surface area contributed by atoms with Crippen LogP contribution in [0.5, 0.6) is 0 Å². The first-order valence-corrected chi connectivity index (χ1v) is 6.47. The molecule has 2 rings (SSSR count). The number of pyridine rings is 1. The zero-order valence-electron chi connectivity index (χ0n) is 9.95. The molecule has 0 radical (unpaired) electrons. The summed E-state index contributed by atoms with van der Waals surface area (Å²) >= 11 is 1.42. The van der Waals surface area contributed by atoms with Gasteiger partial charge in [0.15, 0.2) is 0 Å². The van der Waals surface area contributed by atoms with Gasteiger partial charge in [-0.1, -0.05) is 30.3 Å². The number of nitrogens with zero attached hydrogens (tertiary/aromatic N) is 2. The lowest BCUT2D eigenvalue weighted by atomic mass is 10.2. The Balaban J connectivity index is 2.15. The van der Waals surface area contributed by atoms with Gasteiger partial charge in [0.05, 0.1) is 11.0 Å². The Morgan fingerprint density at radius 1 is 1.32 bits per heavy atom. The van der Waals surface area contributed by atoms with Crippen LogP contribution in [0.3, 0.4) is 0 Å². The molecule has 6 nitrogen and oxygen atoms in total. The van der Waals surface area contributed by atoms with Crippen LogP contribution in [0.25, 0.3) is 0 Å². The molecule has 0 atom stereocenters. The van der Waals surface area contributed by atoms with Crippen molar-refractivity contribution in [1.29, 1.82) is 0 Å². The summed E-state index contributed by atoms with van der Waals surface area (Å²) in [5, 5.41) is 11.4. The third-order valence-electron chi connectivity index (χ3n) is 2.37. The van der Waals surface area contributed by atoms with Crippen molar-refractivity contribution in [1.82, 2.24) is 4.98 Å². The van der Waals surface area contributed by atoms with Crippen molar-refractivity contribution in [2.75, 3.05) is 5.43 Å². The second-order valence-corrected chi connectivity index (χ2v) is 4.72. The van der Waals surface area contributed by atoms with E-state index >= 15 is 0 Å². The molecule has 0 saturated heterocycles. The van der Waals surface area contributed by atoms with Crippen molar-refractivity contribution in [3.05, 3.63) is 58.1 Å². The molecule has 0 spiro atoms. The maximum Gasteiger partial charge on any atom is 0.275 e. The average molecular weight is 276 g/mol. The van der Waals surface area contributed by atoms with Crippen LogP contribution in [0, 0.1) is 10.1 Å². The van der Waals surface area contributed by atoms with Gasteiger partial charge in [0.1, 0.15) is 10.8 Å². The van der Waals surface area contributed by atoms with Gasteiger partial charge in [-0.25, -0.2) is 10.8 Å². The molecule has 98 valence electrons.